The van der Waals surface area contributed by atoms with Gasteiger partial charge >= 0.3 is 0 Å². The van der Waals surface area contributed by atoms with Crippen molar-refractivity contribution in [2.75, 3.05) is 13.2 Å². The summed E-state index contributed by atoms with van der Waals surface area (Å²) in [7, 11) is 0. The average Bonchev–Trinajstić information content (AvgIpc) is 2.31. The normalized spacial score (nSPS) is 11.3. The zero-order valence-electron chi connectivity index (χ0n) is 11.1. The average molecular weight is 233 g/mol. The van der Waals surface area contributed by atoms with E-state index in [-0.39, 0.29) is 0 Å². The first-order valence-corrected chi connectivity index (χ1v) is 6.32. The molecule has 1 N–H and O–H groups in total. The van der Waals surface area contributed by atoms with Gasteiger partial charge < -0.3 is 10.1 Å². The van der Waals surface area contributed by atoms with Crippen LogP contribution < -0.4 is 10.1 Å². The van der Waals surface area contributed by atoms with Gasteiger partial charge in [-0.2, -0.15) is 0 Å². The van der Waals surface area contributed by atoms with Crippen LogP contribution in [-0.4, -0.2) is 19.2 Å². The van der Waals surface area contributed by atoms with E-state index in [4.69, 9.17) is 4.74 Å². The van der Waals surface area contributed by atoms with Crippen LogP contribution in [0.15, 0.2) is 30.3 Å². The maximum Gasteiger partial charge on any atom is 0.126 e. The Labute approximate surface area is 105 Å². The molecule has 0 aromatic heterocycles. The van der Waals surface area contributed by atoms with Gasteiger partial charge in [-0.3, -0.25) is 0 Å². The number of rotatable bonds is 7. The molecule has 1 aromatic rings. The number of para-hydroxylation sites is 1. The number of hydrogen-bond acceptors (Lipinski definition) is 2. The fraction of sp³-hybridized carbons (Fsp3) is 0.467. The molecule has 0 amide bonds. The first kappa shape index (κ1) is 13.8. The fourth-order valence-corrected chi connectivity index (χ4v) is 1.57. The van der Waals surface area contributed by atoms with Crippen molar-refractivity contribution in [3.05, 3.63) is 35.9 Å². The van der Waals surface area contributed by atoms with Crippen LogP contribution in [0.4, 0.5) is 0 Å². The van der Waals surface area contributed by atoms with Crippen LogP contribution in [0.25, 0.3) is 6.08 Å². The summed E-state index contributed by atoms with van der Waals surface area (Å²) in [6, 6.07) is 8.68. The van der Waals surface area contributed by atoms with Crippen LogP contribution in [0.3, 0.4) is 0 Å². The number of ether oxygens (including phenoxy) is 1. The summed E-state index contributed by atoms with van der Waals surface area (Å²) in [5, 5.41) is 3.38. The maximum absolute atomic E-state index is 5.78. The SMILES string of the molecule is C/C=C\c1ccccc1OCCCNC(C)C. The highest BCUT2D eigenvalue weighted by atomic mass is 16.5. The van der Waals surface area contributed by atoms with Crippen LogP contribution in [0.1, 0.15) is 32.8 Å². The van der Waals surface area contributed by atoms with Crippen molar-refractivity contribution in [2.24, 2.45) is 0 Å². The standard InChI is InChI=1S/C15H23NO/c1-4-8-14-9-5-6-10-15(14)17-12-7-11-16-13(2)3/h4-6,8-10,13,16H,7,11-12H2,1-3H3/b8-4-. The lowest BCUT2D eigenvalue weighted by Gasteiger charge is -2.10. The summed E-state index contributed by atoms with van der Waals surface area (Å²) >= 11 is 0. The molecule has 2 heteroatoms. The molecule has 1 rings (SSSR count). The van der Waals surface area contributed by atoms with Gasteiger partial charge in [0.15, 0.2) is 0 Å². The van der Waals surface area contributed by atoms with Crippen molar-refractivity contribution < 1.29 is 4.74 Å². The third-order valence-electron chi connectivity index (χ3n) is 2.40. The Balaban J connectivity index is 2.36. The predicted molar refractivity (Wildman–Crippen MR) is 74.4 cm³/mol. The summed E-state index contributed by atoms with van der Waals surface area (Å²) in [5.74, 6) is 0.968. The van der Waals surface area contributed by atoms with Gasteiger partial charge in [-0.15, -0.1) is 0 Å². The van der Waals surface area contributed by atoms with Gasteiger partial charge in [-0.25, -0.2) is 0 Å². The molecule has 0 spiro atoms. The largest absolute Gasteiger partial charge is 0.493 e. The third kappa shape index (κ3) is 5.55. The molecule has 17 heavy (non-hydrogen) atoms. The van der Waals surface area contributed by atoms with Gasteiger partial charge in [0, 0.05) is 11.6 Å². The van der Waals surface area contributed by atoms with Crippen LogP contribution in [0, 0.1) is 0 Å². The zero-order chi connectivity index (χ0) is 12.5. The molecule has 1 aromatic carbocycles. The highest BCUT2D eigenvalue weighted by Crippen LogP contribution is 2.19. The molecule has 0 saturated heterocycles. The van der Waals surface area contributed by atoms with Crippen molar-refractivity contribution >= 4 is 6.08 Å². The van der Waals surface area contributed by atoms with E-state index in [1.165, 1.54) is 0 Å². The lowest BCUT2D eigenvalue weighted by atomic mass is 10.2. The molecule has 0 radical (unpaired) electrons. The molecule has 0 atom stereocenters. The lowest BCUT2D eigenvalue weighted by molar-refractivity contribution is 0.305. The first-order chi connectivity index (χ1) is 8.24. The van der Waals surface area contributed by atoms with Crippen LogP contribution in [0.2, 0.25) is 0 Å². The summed E-state index contributed by atoms with van der Waals surface area (Å²) in [6.07, 6.45) is 5.13. The number of hydrogen-bond donors (Lipinski definition) is 1. The smallest absolute Gasteiger partial charge is 0.126 e. The Morgan fingerprint density at radius 2 is 2.06 bits per heavy atom. The summed E-state index contributed by atoms with van der Waals surface area (Å²) in [5.41, 5.74) is 1.15. The Bertz CT molecular complexity index is 345. The molecule has 0 unspecified atom stereocenters. The molecule has 0 aliphatic carbocycles. The third-order valence-corrected chi connectivity index (χ3v) is 2.40. The van der Waals surface area contributed by atoms with E-state index >= 15 is 0 Å². The van der Waals surface area contributed by atoms with E-state index in [2.05, 4.69) is 31.3 Å². The molecule has 94 valence electrons. The minimum Gasteiger partial charge on any atom is -0.493 e. The zero-order valence-corrected chi connectivity index (χ0v) is 11.1. The second kappa shape index (κ2) is 7.91. The molecule has 0 saturated carbocycles. The van der Waals surface area contributed by atoms with E-state index in [1.54, 1.807) is 0 Å². The summed E-state index contributed by atoms with van der Waals surface area (Å²) in [4.78, 5) is 0. The Kier molecular flexibility index (Phi) is 6.41. The van der Waals surface area contributed by atoms with Gasteiger partial charge in [0.25, 0.3) is 0 Å². The van der Waals surface area contributed by atoms with Crippen molar-refractivity contribution in [1.82, 2.24) is 5.32 Å². The van der Waals surface area contributed by atoms with Crippen LogP contribution >= 0.6 is 0 Å². The van der Waals surface area contributed by atoms with E-state index in [9.17, 15) is 0 Å². The summed E-state index contributed by atoms with van der Waals surface area (Å²) < 4.78 is 5.78. The van der Waals surface area contributed by atoms with Crippen molar-refractivity contribution in [2.45, 2.75) is 33.2 Å². The quantitative estimate of drug-likeness (QED) is 0.728. The number of benzene rings is 1. The maximum atomic E-state index is 5.78. The highest BCUT2D eigenvalue weighted by Gasteiger charge is 1.99. The molecule has 0 aliphatic heterocycles. The van der Waals surface area contributed by atoms with E-state index in [0.717, 1.165) is 30.9 Å². The monoisotopic (exact) mass is 233 g/mol. The number of nitrogens with one attached hydrogen (secondary N) is 1. The highest BCUT2D eigenvalue weighted by molar-refractivity contribution is 5.56. The van der Waals surface area contributed by atoms with Crippen LogP contribution in [0.5, 0.6) is 5.75 Å². The van der Waals surface area contributed by atoms with Crippen molar-refractivity contribution in [3.63, 3.8) is 0 Å². The molecular formula is C15H23NO. The minimum absolute atomic E-state index is 0.547. The van der Waals surface area contributed by atoms with Gasteiger partial charge in [0.2, 0.25) is 0 Å². The molecule has 2 nitrogen and oxygen atoms in total. The molecule has 0 fully saturated rings. The molecule has 0 heterocycles. The van der Waals surface area contributed by atoms with Gasteiger partial charge in [0.1, 0.15) is 5.75 Å². The minimum atomic E-state index is 0.547. The molecule has 0 aliphatic rings. The van der Waals surface area contributed by atoms with Gasteiger partial charge in [-0.05, 0) is 26.0 Å². The van der Waals surface area contributed by atoms with E-state index in [1.807, 2.05) is 31.2 Å². The lowest BCUT2D eigenvalue weighted by Crippen LogP contribution is -2.24. The Morgan fingerprint density at radius 1 is 1.29 bits per heavy atom. The first-order valence-electron chi connectivity index (χ1n) is 6.32. The molecule has 0 bridgehead atoms. The fourth-order valence-electron chi connectivity index (χ4n) is 1.57. The second-order valence-electron chi connectivity index (χ2n) is 4.35. The van der Waals surface area contributed by atoms with E-state index < -0.39 is 0 Å². The Hall–Kier alpha value is -1.28. The van der Waals surface area contributed by atoms with Gasteiger partial charge in [-0.1, -0.05) is 44.2 Å². The topological polar surface area (TPSA) is 21.3 Å². The van der Waals surface area contributed by atoms with E-state index in [0.29, 0.717) is 6.04 Å². The van der Waals surface area contributed by atoms with Gasteiger partial charge in [0.05, 0.1) is 6.61 Å². The molecular weight excluding hydrogens is 210 g/mol. The summed E-state index contributed by atoms with van der Waals surface area (Å²) in [6.45, 7) is 8.09. The number of allylic oxidation sites excluding steroid dienone is 1. The second-order valence-corrected chi connectivity index (χ2v) is 4.35. The van der Waals surface area contributed by atoms with Crippen molar-refractivity contribution in [3.8, 4) is 5.75 Å². The predicted octanol–water partition coefficient (Wildman–Crippen LogP) is 3.49. The van der Waals surface area contributed by atoms with Crippen molar-refractivity contribution in [1.29, 1.82) is 0 Å². The van der Waals surface area contributed by atoms with Crippen LogP contribution in [-0.2, 0) is 0 Å². The Morgan fingerprint density at radius 3 is 2.76 bits per heavy atom.